The molecule has 3 nitrogen and oxygen atoms in total. The molecule has 0 amide bonds. The quantitative estimate of drug-likeness (QED) is 0.313. The van der Waals surface area contributed by atoms with Crippen molar-refractivity contribution in [3.63, 3.8) is 0 Å². The topological polar surface area (TPSA) is 34.4 Å². The van der Waals surface area contributed by atoms with Crippen LogP contribution in [0.15, 0.2) is 97.1 Å². The lowest BCUT2D eigenvalue weighted by Gasteiger charge is -2.37. The summed E-state index contributed by atoms with van der Waals surface area (Å²) in [5.41, 5.74) is 5.18. The third-order valence-corrected chi connectivity index (χ3v) is 6.89. The average Bonchev–Trinajstić information content (AvgIpc) is 3.17. The van der Waals surface area contributed by atoms with Crippen molar-refractivity contribution < 1.29 is 9.76 Å². The molecule has 5 aromatic rings. The van der Waals surface area contributed by atoms with Gasteiger partial charge >= 0.3 is 7.48 Å². The molecule has 0 aliphatic heterocycles. The number of hydrogen-bond acceptors (Lipinski definition) is 2. The van der Waals surface area contributed by atoms with Crippen LogP contribution in [-0.2, 0) is 4.65 Å². The lowest BCUT2D eigenvalue weighted by Crippen LogP contribution is -2.49. The summed E-state index contributed by atoms with van der Waals surface area (Å²) in [5.74, 6) is 0. The second-order valence-corrected chi connectivity index (χ2v) is 9.85. The van der Waals surface area contributed by atoms with Crippen LogP contribution >= 0.6 is 0 Å². The minimum atomic E-state index is -0.953. The second-order valence-electron chi connectivity index (χ2n) is 9.85. The van der Waals surface area contributed by atoms with E-state index in [0.29, 0.717) is 0 Å². The van der Waals surface area contributed by atoms with Crippen molar-refractivity contribution in [1.82, 2.24) is 4.57 Å². The van der Waals surface area contributed by atoms with Crippen LogP contribution in [0.3, 0.4) is 0 Å². The van der Waals surface area contributed by atoms with E-state index in [2.05, 4.69) is 95.6 Å². The van der Waals surface area contributed by atoms with Crippen LogP contribution in [0.2, 0.25) is 0 Å². The molecule has 0 saturated carbocycles. The Hall–Kier alpha value is -3.34. The number of aliphatic hydroxyl groups is 1. The average molecular weight is 446 g/mol. The monoisotopic (exact) mass is 446 g/mol. The maximum absolute atomic E-state index is 10.3. The summed E-state index contributed by atoms with van der Waals surface area (Å²) in [6.45, 7) is 7.30. The Morgan fingerprint density at radius 1 is 0.676 bits per heavy atom. The SMILES string of the molecule is CC(C)(O)C(C)(C)O[B]c1ccc(-n2c3ccccc3c3cc(-c4ccccc4)ccc32)cc1. The number of rotatable bonds is 6. The Kier molecular flexibility index (Phi) is 5.59. The van der Waals surface area contributed by atoms with Gasteiger partial charge in [0.25, 0.3) is 0 Å². The van der Waals surface area contributed by atoms with Crippen LogP contribution in [0, 0.1) is 0 Å². The molecule has 34 heavy (non-hydrogen) atoms. The Labute approximate surface area is 201 Å². The van der Waals surface area contributed by atoms with Crippen LogP contribution in [0.25, 0.3) is 38.6 Å². The summed E-state index contributed by atoms with van der Waals surface area (Å²) in [7, 11) is 1.72. The second kappa shape index (κ2) is 8.46. The molecular formula is C30H29BNO2. The molecule has 0 bridgehead atoms. The van der Waals surface area contributed by atoms with Gasteiger partial charge in [0.2, 0.25) is 0 Å². The Balaban J connectivity index is 1.53. The number of benzene rings is 4. The molecule has 1 heterocycles. The van der Waals surface area contributed by atoms with Crippen molar-refractivity contribution in [2.24, 2.45) is 0 Å². The number of para-hydroxylation sites is 1. The first kappa shape index (κ1) is 22.5. The standard InChI is InChI=1S/C30H29BNO2/c1-29(2,33)30(3,4)34-31-23-15-17-24(18-16-23)32-27-13-9-8-12-25(27)26-20-22(14-19-28(26)32)21-10-6-5-7-11-21/h5-20,33H,1-4H3. The highest BCUT2D eigenvalue weighted by molar-refractivity contribution is 6.47. The van der Waals surface area contributed by atoms with Gasteiger partial charge < -0.3 is 14.3 Å². The number of hydrogen-bond donors (Lipinski definition) is 1. The first-order chi connectivity index (χ1) is 16.2. The van der Waals surface area contributed by atoms with E-state index in [4.69, 9.17) is 4.65 Å². The fourth-order valence-electron chi connectivity index (χ4n) is 4.12. The molecule has 4 heteroatoms. The number of aromatic nitrogens is 1. The minimum Gasteiger partial charge on any atom is -0.427 e. The van der Waals surface area contributed by atoms with E-state index in [-0.39, 0.29) is 0 Å². The first-order valence-corrected chi connectivity index (χ1v) is 11.7. The Morgan fingerprint density at radius 3 is 2.03 bits per heavy atom. The van der Waals surface area contributed by atoms with Crippen molar-refractivity contribution in [3.8, 4) is 16.8 Å². The summed E-state index contributed by atoms with van der Waals surface area (Å²) < 4.78 is 8.23. The number of nitrogens with zero attached hydrogens (tertiary/aromatic N) is 1. The Bertz CT molecular complexity index is 1450. The van der Waals surface area contributed by atoms with Crippen molar-refractivity contribution >= 4 is 34.8 Å². The molecule has 0 aliphatic carbocycles. The van der Waals surface area contributed by atoms with Crippen molar-refractivity contribution in [3.05, 3.63) is 97.1 Å². The van der Waals surface area contributed by atoms with Gasteiger partial charge in [0.1, 0.15) is 0 Å². The van der Waals surface area contributed by atoms with E-state index in [1.54, 1.807) is 21.3 Å². The van der Waals surface area contributed by atoms with E-state index in [1.807, 2.05) is 19.9 Å². The molecular weight excluding hydrogens is 417 g/mol. The molecule has 1 aromatic heterocycles. The van der Waals surface area contributed by atoms with Gasteiger partial charge in [0.05, 0.1) is 22.2 Å². The normalized spacial score (nSPS) is 12.4. The van der Waals surface area contributed by atoms with Gasteiger partial charge in [-0.25, -0.2) is 0 Å². The van der Waals surface area contributed by atoms with E-state index in [1.165, 1.54) is 32.9 Å². The van der Waals surface area contributed by atoms with Crippen molar-refractivity contribution in [2.45, 2.75) is 38.9 Å². The smallest absolute Gasteiger partial charge is 0.330 e. The summed E-state index contributed by atoms with van der Waals surface area (Å²) in [6.07, 6.45) is 0. The van der Waals surface area contributed by atoms with Crippen molar-refractivity contribution in [1.29, 1.82) is 0 Å². The molecule has 1 radical (unpaired) electrons. The summed E-state index contributed by atoms with van der Waals surface area (Å²) >= 11 is 0. The minimum absolute atomic E-state index is 0.699. The number of fused-ring (bicyclic) bond motifs is 3. The van der Waals surface area contributed by atoms with E-state index in [9.17, 15) is 5.11 Å². The van der Waals surface area contributed by atoms with Crippen LogP contribution in [-0.4, -0.2) is 28.4 Å². The van der Waals surface area contributed by atoms with E-state index < -0.39 is 11.2 Å². The first-order valence-electron chi connectivity index (χ1n) is 11.7. The van der Waals surface area contributed by atoms with E-state index in [0.717, 1.165) is 11.2 Å². The summed E-state index contributed by atoms with van der Waals surface area (Å²) in [5, 5.41) is 12.8. The fourth-order valence-corrected chi connectivity index (χ4v) is 4.12. The van der Waals surface area contributed by atoms with Gasteiger partial charge in [-0.2, -0.15) is 0 Å². The molecule has 0 aliphatic rings. The third-order valence-electron chi connectivity index (χ3n) is 6.89. The van der Waals surface area contributed by atoms with Gasteiger partial charge in [-0.1, -0.05) is 72.2 Å². The highest BCUT2D eigenvalue weighted by Gasteiger charge is 2.35. The summed E-state index contributed by atoms with van der Waals surface area (Å²) in [4.78, 5) is 0. The van der Waals surface area contributed by atoms with Gasteiger partial charge in [-0.3, -0.25) is 0 Å². The van der Waals surface area contributed by atoms with Crippen LogP contribution in [0.4, 0.5) is 0 Å². The fraction of sp³-hybridized carbons (Fsp3) is 0.200. The zero-order chi connectivity index (χ0) is 23.9. The molecule has 5 rings (SSSR count). The predicted octanol–water partition coefficient (Wildman–Crippen LogP) is 6.26. The zero-order valence-electron chi connectivity index (χ0n) is 20.1. The van der Waals surface area contributed by atoms with Crippen LogP contribution in [0.1, 0.15) is 27.7 Å². The predicted molar refractivity (Wildman–Crippen MR) is 143 cm³/mol. The maximum Gasteiger partial charge on any atom is 0.330 e. The molecule has 0 saturated heterocycles. The third kappa shape index (κ3) is 4.04. The van der Waals surface area contributed by atoms with Gasteiger partial charge in [-0.05, 0) is 69.2 Å². The molecule has 169 valence electrons. The highest BCUT2D eigenvalue weighted by atomic mass is 16.5. The van der Waals surface area contributed by atoms with Crippen molar-refractivity contribution in [2.75, 3.05) is 0 Å². The van der Waals surface area contributed by atoms with Crippen LogP contribution < -0.4 is 5.46 Å². The summed E-state index contributed by atoms with van der Waals surface area (Å²) in [6, 6.07) is 34.1. The molecule has 0 unspecified atom stereocenters. The lowest BCUT2D eigenvalue weighted by molar-refractivity contribution is -0.0893. The molecule has 0 atom stereocenters. The van der Waals surface area contributed by atoms with Gasteiger partial charge in [0, 0.05) is 16.5 Å². The van der Waals surface area contributed by atoms with Gasteiger partial charge in [-0.15, -0.1) is 0 Å². The molecule has 0 fully saturated rings. The maximum atomic E-state index is 10.3. The molecule has 0 spiro atoms. The lowest BCUT2D eigenvalue weighted by atomic mass is 9.82. The largest absolute Gasteiger partial charge is 0.427 e. The molecule has 4 aromatic carbocycles. The highest BCUT2D eigenvalue weighted by Crippen LogP contribution is 2.34. The van der Waals surface area contributed by atoms with Crippen LogP contribution in [0.5, 0.6) is 0 Å². The molecule has 1 N–H and O–H groups in total. The van der Waals surface area contributed by atoms with E-state index >= 15 is 0 Å². The Morgan fingerprint density at radius 2 is 1.32 bits per heavy atom. The van der Waals surface area contributed by atoms with Gasteiger partial charge in [0.15, 0.2) is 0 Å². The zero-order valence-corrected chi connectivity index (χ0v) is 20.1.